The summed E-state index contributed by atoms with van der Waals surface area (Å²) < 4.78 is 14.5. The van der Waals surface area contributed by atoms with Crippen molar-refractivity contribution in [2.24, 2.45) is 0 Å². The van der Waals surface area contributed by atoms with Gasteiger partial charge in [0.1, 0.15) is 23.4 Å². The lowest BCUT2D eigenvalue weighted by molar-refractivity contribution is 0.181. The first-order valence-electron chi connectivity index (χ1n) is 14.7. The maximum absolute atomic E-state index is 14.5. The molecule has 2 N–H and O–H groups in total. The summed E-state index contributed by atoms with van der Waals surface area (Å²) in [5.41, 5.74) is 7.09. The van der Waals surface area contributed by atoms with Crippen molar-refractivity contribution in [1.29, 1.82) is 0 Å². The number of benzene rings is 4. The number of imidazole rings is 1. The molecular weight excluding hydrogens is 541 g/mol. The molecule has 2 aliphatic heterocycles. The third-order valence-corrected chi connectivity index (χ3v) is 9.02. The average molecular weight is 576 g/mol. The number of para-hydroxylation sites is 2. The number of amides is 2. The van der Waals surface area contributed by atoms with Crippen molar-refractivity contribution in [2.45, 2.75) is 31.3 Å². The van der Waals surface area contributed by atoms with E-state index in [4.69, 9.17) is 4.98 Å². The minimum atomic E-state index is -0.835. The fourth-order valence-electron chi connectivity index (χ4n) is 6.54. The van der Waals surface area contributed by atoms with E-state index >= 15 is 0 Å². The van der Waals surface area contributed by atoms with Gasteiger partial charge in [-0.25, -0.2) is 14.2 Å². The zero-order chi connectivity index (χ0) is 29.7. The fourth-order valence-corrected chi connectivity index (χ4v) is 6.54. The van der Waals surface area contributed by atoms with Crippen LogP contribution in [0.1, 0.15) is 47.3 Å². The van der Waals surface area contributed by atoms with E-state index in [0.29, 0.717) is 11.7 Å². The number of piperidine rings is 1. The Labute approximate surface area is 250 Å². The number of nitrogens with one attached hydrogen (secondary N) is 1. The van der Waals surface area contributed by atoms with E-state index < -0.39 is 11.9 Å². The quantitative estimate of drug-likeness (QED) is 0.236. The highest BCUT2D eigenvalue weighted by atomic mass is 19.1. The summed E-state index contributed by atoms with van der Waals surface area (Å²) in [5.74, 6) is 0.445. The molecule has 0 bridgehead atoms. The van der Waals surface area contributed by atoms with Crippen LogP contribution in [0, 0.1) is 5.82 Å². The number of carbonyl (C=O) groups excluding carboxylic acids is 1. The molecule has 1 fully saturated rings. The third kappa shape index (κ3) is 5.02. The molecule has 43 heavy (non-hydrogen) atoms. The van der Waals surface area contributed by atoms with Gasteiger partial charge in [0.15, 0.2) is 0 Å². The van der Waals surface area contributed by atoms with Crippen LogP contribution in [-0.2, 0) is 6.54 Å². The van der Waals surface area contributed by atoms with Gasteiger partial charge >= 0.3 is 6.03 Å². The van der Waals surface area contributed by atoms with Gasteiger partial charge in [0.25, 0.3) is 0 Å². The lowest BCUT2D eigenvalue weighted by Gasteiger charge is -2.39. The van der Waals surface area contributed by atoms with Gasteiger partial charge in [0, 0.05) is 12.6 Å². The molecule has 2 aliphatic rings. The number of carbonyl (C=O) groups is 1. The second-order valence-electron chi connectivity index (χ2n) is 11.8. The highest BCUT2D eigenvalue weighted by Gasteiger charge is 2.37. The number of fused-ring (bicyclic) bond motifs is 2. The Hall–Kier alpha value is -4.69. The summed E-state index contributed by atoms with van der Waals surface area (Å²) in [5, 5.41) is 10.8. The number of nitrogens with zero attached hydrogens (tertiary/aromatic N) is 4. The summed E-state index contributed by atoms with van der Waals surface area (Å²) in [6.07, 6.45) is 2.36. The first-order chi connectivity index (χ1) is 20.9. The first kappa shape index (κ1) is 27.2. The second-order valence-corrected chi connectivity index (χ2v) is 11.8. The maximum atomic E-state index is 14.5. The van der Waals surface area contributed by atoms with E-state index in [1.165, 1.54) is 36.6 Å². The zero-order valence-electron chi connectivity index (χ0n) is 24.3. The predicted molar refractivity (Wildman–Crippen MR) is 167 cm³/mol. The number of aromatic nitrogens is 2. The summed E-state index contributed by atoms with van der Waals surface area (Å²) in [6, 6.07) is 25.3. The highest BCUT2D eigenvalue weighted by molar-refractivity contribution is 5.96. The minimum Gasteiger partial charge on any atom is -0.508 e. The van der Waals surface area contributed by atoms with Gasteiger partial charge in [-0.05, 0) is 97.5 Å². The van der Waals surface area contributed by atoms with Crippen LogP contribution in [0.25, 0.3) is 22.2 Å². The number of anilines is 1. The van der Waals surface area contributed by atoms with Crippen LogP contribution in [0.4, 0.5) is 14.9 Å². The molecule has 8 heteroatoms. The Morgan fingerprint density at radius 3 is 2.44 bits per heavy atom. The summed E-state index contributed by atoms with van der Waals surface area (Å²) in [7, 11) is 3.93. The molecule has 4 aromatic carbocycles. The van der Waals surface area contributed by atoms with Crippen molar-refractivity contribution in [3.8, 4) is 16.9 Å². The lowest BCUT2D eigenvalue weighted by atomic mass is 9.88. The molecule has 1 atom stereocenters. The van der Waals surface area contributed by atoms with E-state index in [2.05, 4.69) is 53.3 Å². The van der Waals surface area contributed by atoms with Gasteiger partial charge in [0.05, 0.1) is 23.3 Å². The number of phenols is 1. The molecule has 218 valence electrons. The molecule has 0 aliphatic carbocycles. The van der Waals surface area contributed by atoms with Gasteiger partial charge in [-0.2, -0.15) is 0 Å². The van der Waals surface area contributed by atoms with Crippen molar-refractivity contribution >= 4 is 22.8 Å². The van der Waals surface area contributed by atoms with Crippen LogP contribution in [0.3, 0.4) is 0 Å². The van der Waals surface area contributed by atoms with Gasteiger partial charge in [0.2, 0.25) is 0 Å². The molecule has 0 spiro atoms. The maximum Gasteiger partial charge on any atom is 0.325 e. The number of urea groups is 1. The number of hydrogen-bond acceptors (Lipinski definition) is 4. The van der Waals surface area contributed by atoms with Crippen LogP contribution in [-0.4, -0.2) is 58.1 Å². The van der Waals surface area contributed by atoms with Crippen molar-refractivity contribution in [3.63, 3.8) is 0 Å². The number of H-pyrrole nitrogens is 1. The summed E-state index contributed by atoms with van der Waals surface area (Å²) in [4.78, 5) is 27.7. The Morgan fingerprint density at radius 2 is 1.67 bits per heavy atom. The number of aromatic amines is 1. The largest absolute Gasteiger partial charge is 0.508 e. The lowest BCUT2D eigenvalue weighted by Crippen LogP contribution is -2.47. The van der Waals surface area contributed by atoms with Crippen LogP contribution in [0.2, 0.25) is 0 Å². The first-order valence-corrected chi connectivity index (χ1v) is 14.7. The highest BCUT2D eigenvalue weighted by Crippen LogP contribution is 2.41. The van der Waals surface area contributed by atoms with Gasteiger partial charge in [-0.15, -0.1) is 0 Å². The van der Waals surface area contributed by atoms with Crippen LogP contribution in [0.5, 0.6) is 5.75 Å². The van der Waals surface area contributed by atoms with E-state index in [0.717, 1.165) is 46.5 Å². The second kappa shape index (κ2) is 10.9. The summed E-state index contributed by atoms with van der Waals surface area (Å²) in [6.45, 7) is 2.53. The number of rotatable bonds is 5. The smallest absolute Gasteiger partial charge is 0.325 e. The van der Waals surface area contributed by atoms with E-state index in [-0.39, 0.29) is 23.9 Å². The number of phenolic OH excluding ortho intramolecular Hbond substituents is 1. The molecule has 1 aromatic heterocycles. The molecule has 5 aromatic rings. The molecule has 0 radical (unpaired) electrons. The molecule has 1 unspecified atom stereocenters. The van der Waals surface area contributed by atoms with Crippen LogP contribution in [0.15, 0.2) is 84.9 Å². The number of likely N-dealkylation sites (tertiary alicyclic amines) is 1. The predicted octanol–water partition coefficient (Wildman–Crippen LogP) is 7.05. The molecule has 1 saturated heterocycles. The third-order valence-electron chi connectivity index (χ3n) is 9.02. The molecule has 7 nitrogen and oxygen atoms in total. The molecule has 7 rings (SSSR count). The zero-order valence-corrected chi connectivity index (χ0v) is 24.3. The van der Waals surface area contributed by atoms with Crippen molar-refractivity contribution < 1.29 is 14.3 Å². The number of halogens is 1. The van der Waals surface area contributed by atoms with Crippen LogP contribution >= 0.6 is 0 Å². The Bertz CT molecular complexity index is 1780. The van der Waals surface area contributed by atoms with Gasteiger partial charge < -0.3 is 19.9 Å². The molecule has 0 saturated carbocycles. The Morgan fingerprint density at radius 1 is 0.930 bits per heavy atom. The summed E-state index contributed by atoms with van der Waals surface area (Å²) >= 11 is 0. The van der Waals surface area contributed by atoms with Crippen LogP contribution < -0.4 is 4.90 Å². The minimum absolute atomic E-state index is 0.104. The van der Waals surface area contributed by atoms with Gasteiger partial charge in [-0.1, -0.05) is 48.5 Å². The molecule has 3 heterocycles. The van der Waals surface area contributed by atoms with Gasteiger partial charge in [-0.3, -0.25) is 4.90 Å². The number of aromatic hydroxyl groups is 1. The SMILES string of the molecule is CN1CCC(c2ccc(-c3ccc4c(c3)N(C)C(=O)N(C(c3nc5ccccc5[nH]3)c3cc(F)ccc3O)C4)cc2)CC1. The van der Waals surface area contributed by atoms with Crippen molar-refractivity contribution in [3.05, 3.63) is 113 Å². The van der Waals surface area contributed by atoms with Crippen molar-refractivity contribution in [2.75, 3.05) is 32.1 Å². The normalized spacial score (nSPS) is 17.0. The van der Waals surface area contributed by atoms with Crippen molar-refractivity contribution in [1.82, 2.24) is 19.8 Å². The number of hydrogen-bond donors (Lipinski definition) is 2. The monoisotopic (exact) mass is 575 g/mol. The Kier molecular flexibility index (Phi) is 6.86. The average Bonchev–Trinajstić information content (AvgIpc) is 3.45. The Balaban J connectivity index is 1.22. The standard InChI is InChI=1S/C35H34FN5O2/c1-39-17-15-24(16-18-39)22-7-9-23(10-8-22)25-11-12-26-21-41(35(43)40(2)31(26)19-25)33(28-20-27(36)13-14-32(28)42)34-37-29-5-3-4-6-30(29)38-34/h3-14,19-20,24,33,42H,15-18,21H2,1-2H3,(H,37,38). The topological polar surface area (TPSA) is 75.7 Å². The fraction of sp³-hybridized carbons (Fsp3) is 0.257. The van der Waals surface area contributed by atoms with E-state index in [1.807, 2.05) is 30.3 Å². The molecule has 2 amide bonds. The van der Waals surface area contributed by atoms with E-state index in [1.54, 1.807) is 16.8 Å². The van der Waals surface area contributed by atoms with E-state index in [9.17, 15) is 14.3 Å². The molecular formula is C35H34FN5O2.